The quantitative estimate of drug-likeness (QED) is 0.706. The molecule has 4 N–H and O–H groups in total. The molecule has 0 amide bonds. The summed E-state index contributed by atoms with van der Waals surface area (Å²) in [5.74, 6) is 0.602. The van der Waals surface area contributed by atoms with Gasteiger partial charge >= 0.3 is 0 Å². The van der Waals surface area contributed by atoms with Crippen LogP contribution in [0.3, 0.4) is 0 Å². The van der Waals surface area contributed by atoms with Gasteiger partial charge in [-0.2, -0.15) is 0 Å². The number of aromatic nitrogens is 1. The Bertz CT molecular complexity index is 288. The number of rotatable bonds is 3. The van der Waals surface area contributed by atoms with Gasteiger partial charge in [0.05, 0.1) is 7.11 Å². The SMILES string of the molecule is COc1ccc([C@@H](N)CN)c(C)n1. The van der Waals surface area contributed by atoms with Gasteiger partial charge in [0.2, 0.25) is 5.88 Å². The van der Waals surface area contributed by atoms with Crippen molar-refractivity contribution in [2.45, 2.75) is 13.0 Å². The number of ether oxygens (including phenoxy) is 1. The molecule has 0 spiro atoms. The predicted octanol–water partition coefficient (Wildman–Crippen LogP) is 0.357. The average molecular weight is 181 g/mol. The van der Waals surface area contributed by atoms with E-state index in [1.54, 1.807) is 13.2 Å². The third kappa shape index (κ3) is 2.17. The molecule has 1 aromatic heterocycles. The maximum Gasteiger partial charge on any atom is 0.213 e. The van der Waals surface area contributed by atoms with Crippen LogP contribution in [-0.4, -0.2) is 18.6 Å². The van der Waals surface area contributed by atoms with E-state index in [4.69, 9.17) is 16.2 Å². The molecule has 72 valence electrons. The summed E-state index contributed by atoms with van der Waals surface area (Å²) < 4.78 is 4.98. The fraction of sp³-hybridized carbons (Fsp3) is 0.444. The lowest BCUT2D eigenvalue weighted by Crippen LogP contribution is -2.21. The van der Waals surface area contributed by atoms with Crippen molar-refractivity contribution >= 4 is 0 Å². The van der Waals surface area contributed by atoms with E-state index in [2.05, 4.69) is 4.98 Å². The van der Waals surface area contributed by atoms with Crippen LogP contribution in [0.4, 0.5) is 0 Å². The molecule has 4 nitrogen and oxygen atoms in total. The Hall–Kier alpha value is -1.13. The molecule has 4 heteroatoms. The molecule has 1 heterocycles. The van der Waals surface area contributed by atoms with Crippen LogP contribution in [-0.2, 0) is 0 Å². The lowest BCUT2D eigenvalue weighted by atomic mass is 10.1. The molecule has 0 saturated carbocycles. The van der Waals surface area contributed by atoms with E-state index in [9.17, 15) is 0 Å². The molecule has 13 heavy (non-hydrogen) atoms. The number of aryl methyl sites for hydroxylation is 1. The summed E-state index contributed by atoms with van der Waals surface area (Å²) in [5.41, 5.74) is 13.1. The molecule has 0 saturated heterocycles. The third-order valence-electron chi connectivity index (χ3n) is 1.96. The van der Waals surface area contributed by atoms with Crippen molar-refractivity contribution in [3.8, 4) is 5.88 Å². The van der Waals surface area contributed by atoms with Crippen molar-refractivity contribution in [1.29, 1.82) is 0 Å². The minimum absolute atomic E-state index is 0.140. The number of nitrogens with two attached hydrogens (primary N) is 2. The minimum atomic E-state index is -0.140. The van der Waals surface area contributed by atoms with E-state index in [0.29, 0.717) is 12.4 Å². The molecular formula is C9H15N3O. The van der Waals surface area contributed by atoms with Crippen molar-refractivity contribution in [3.05, 3.63) is 23.4 Å². The summed E-state index contributed by atoms with van der Waals surface area (Å²) in [6.07, 6.45) is 0. The molecule has 0 radical (unpaired) electrons. The van der Waals surface area contributed by atoms with E-state index < -0.39 is 0 Å². The van der Waals surface area contributed by atoms with Crippen molar-refractivity contribution < 1.29 is 4.74 Å². The Balaban J connectivity index is 2.98. The van der Waals surface area contributed by atoms with Crippen LogP contribution >= 0.6 is 0 Å². The van der Waals surface area contributed by atoms with E-state index in [1.165, 1.54) is 0 Å². The summed E-state index contributed by atoms with van der Waals surface area (Å²) >= 11 is 0. The lowest BCUT2D eigenvalue weighted by molar-refractivity contribution is 0.396. The second-order valence-corrected chi connectivity index (χ2v) is 2.87. The first-order valence-electron chi connectivity index (χ1n) is 4.16. The summed E-state index contributed by atoms with van der Waals surface area (Å²) in [6.45, 7) is 2.32. The monoisotopic (exact) mass is 181 g/mol. The first-order valence-corrected chi connectivity index (χ1v) is 4.16. The Morgan fingerprint density at radius 2 is 2.23 bits per heavy atom. The summed E-state index contributed by atoms with van der Waals surface area (Å²) in [7, 11) is 1.59. The second-order valence-electron chi connectivity index (χ2n) is 2.87. The molecule has 0 aliphatic rings. The zero-order valence-corrected chi connectivity index (χ0v) is 7.95. The van der Waals surface area contributed by atoms with E-state index in [0.717, 1.165) is 11.3 Å². The first kappa shape index (κ1) is 9.95. The van der Waals surface area contributed by atoms with Gasteiger partial charge in [-0.1, -0.05) is 6.07 Å². The summed E-state index contributed by atoms with van der Waals surface area (Å²) in [4.78, 5) is 4.20. The molecule has 0 aliphatic carbocycles. The Labute approximate surface area is 77.9 Å². The van der Waals surface area contributed by atoms with Gasteiger partial charge in [-0.25, -0.2) is 4.98 Å². The van der Waals surface area contributed by atoms with Crippen LogP contribution in [0.2, 0.25) is 0 Å². The Morgan fingerprint density at radius 1 is 1.54 bits per heavy atom. The fourth-order valence-electron chi connectivity index (χ4n) is 1.18. The fourth-order valence-corrected chi connectivity index (χ4v) is 1.18. The average Bonchev–Trinajstić information content (AvgIpc) is 2.16. The molecule has 1 atom stereocenters. The number of nitrogens with zero attached hydrogens (tertiary/aromatic N) is 1. The van der Waals surface area contributed by atoms with Gasteiger partial charge in [-0.05, 0) is 12.5 Å². The zero-order chi connectivity index (χ0) is 9.84. The molecule has 0 fully saturated rings. The molecule has 1 aromatic rings. The van der Waals surface area contributed by atoms with Gasteiger partial charge in [-0.15, -0.1) is 0 Å². The van der Waals surface area contributed by atoms with Gasteiger partial charge in [0, 0.05) is 24.3 Å². The van der Waals surface area contributed by atoms with Crippen LogP contribution < -0.4 is 16.2 Å². The third-order valence-corrected chi connectivity index (χ3v) is 1.96. The molecular weight excluding hydrogens is 166 g/mol. The van der Waals surface area contributed by atoms with Crippen LogP contribution in [0, 0.1) is 6.92 Å². The van der Waals surface area contributed by atoms with Crippen molar-refractivity contribution in [1.82, 2.24) is 4.98 Å². The van der Waals surface area contributed by atoms with Crippen LogP contribution in [0.1, 0.15) is 17.3 Å². The van der Waals surface area contributed by atoms with Gasteiger partial charge in [0.15, 0.2) is 0 Å². The molecule has 1 rings (SSSR count). The van der Waals surface area contributed by atoms with Crippen LogP contribution in [0.25, 0.3) is 0 Å². The molecule has 0 bridgehead atoms. The molecule has 0 aromatic carbocycles. The van der Waals surface area contributed by atoms with Gasteiger partial charge in [0.1, 0.15) is 0 Å². The van der Waals surface area contributed by atoms with E-state index >= 15 is 0 Å². The molecule has 0 aliphatic heterocycles. The van der Waals surface area contributed by atoms with Crippen molar-refractivity contribution in [2.75, 3.05) is 13.7 Å². The summed E-state index contributed by atoms with van der Waals surface area (Å²) in [5, 5.41) is 0. The van der Waals surface area contributed by atoms with E-state index in [-0.39, 0.29) is 6.04 Å². The highest BCUT2D eigenvalue weighted by Crippen LogP contribution is 2.16. The Kier molecular flexibility index (Phi) is 3.22. The predicted molar refractivity (Wildman–Crippen MR) is 51.5 cm³/mol. The maximum atomic E-state index is 5.78. The molecule has 0 unspecified atom stereocenters. The highest BCUT2D eigenvalue weighted by atomic mass is 16.5. The smallest absolute Gasteiger partial charge is 0.213 e. The second kappa shape index (κ2) is 4.20. The van der Waals surface area contributed by atoms with Crippen LogP contribution in [0.5, 0.6) is 5.88 Å². The van der Waals surface area contributed by atoms with Gasteiger partial charge in [0.25, 0.3) is 0 Å². The number of hydrogen-bond donors (Lipinski definition) is 2. The van der Waals surface area contributed by atoms with Crippen LogP contribution in [0.15, 0.2) is 12.1 Å². The van der Waals surface area contributed by atoms with Crippen molar-refractivity contribution in [2.24, 2.45) is 11.5 Å². The van der Waals surface area contributed by atoms with Crippen molar-refractivity contribution in [3.63, 3.8) is 0 Å². The normalized spacial score (nSPS) is 12.6. The number of methoxy groups -OCH3 is 1. The maximum absolute atomic E-state index is 5.78. The van der Waals surface area contributed by atoms with E-state index in [1.807, 2.05) is 13.0 Å². The Morgan fingerprint density at radius 3 is 2.69 bits per heavy atom. The zero-order valence-electron chi connectivity index (χ0n) is 7.95. The number of hydrogen-bond acceptors (Lipinski definition) is 4. The lowest BCUT2D eigenvalue weighted by Gasteiger charge is -2.12. The highest BCUT2D eigenvalue weighted by Gasteiger charge is 2.08. The topological polar surface area (TPSA) is 74.2 Å². The highest BCUT2D eigenvalue weighted by molar-refractivity contribution is 5.27. The standard InChI is InChI=1S/C9H15N3O/c1-6-7(8(11)5-10)3-4-9(12-6)13-2/h3-4,8H,5,10-11H2,1-2H3/t8-/m0/s1. The largest absolute Gasteiger partial charge is 0.481 e. The minimum Gasteiger partial charge on any atom is -0.481 e. The summed E-state index contributed by atoms with van der Waals surface area (Å²) in [6, 6.07) is 3.55. The van der Waals surface area contributed by atoms with Gasteiger partial charge < -0.3 is 16.2 Å². The number of pyridine rings is 1. The first-order chi connectivity index (χ1) is 6.19. The van der Waals surface area contributed by atoms with Gasteiger partial charge in [-0.3, -0.25) is 0 Å².